The van der Waals surface area contributed by atoms with Crippen molar-refractivity contribution >= 4 is 5.69 Å². The lowest BCUT2D eigenvalue weighted by molar-refractivity contribution is 0.210. The van der Waals surface area contributed by atoms with Gasteiger partial charge in [-0.15, -0.1) is 0 Å². The molecule has 0 bridgehead atoms. The SMILES string of the molecule is COc1ccc(N)cc1CN(C)C1CCCCCC1. The highest BCUT2D eigenvalue weighted by molar-refractivity contribution is 5.47. The zero-order valence-electron chi connectivity index (χ0n) is 12.2. The third-order valence-corrected chi connectivity index (χ3v) is 4.17. The molecule has 106 valence electrons. The molecule has 2 rings (SSSR count). The Hall–Kier alpha value is -1.22. The molecule has 1 fully saturated rings. The van der Waals surface area contributed by atoms with Gasteiger partial charge in [0.2, 0.25) is 0 Å². The molecule has 1 aliphatic rings. The molecule has 0 radical (unpaired) electrons. The van der Waals surface area contributed by atoms with Gasteiger partial charge in [-0.1, -0.05) is 25.7 Å². The Kier molecular flexibility index (Phi) is 5.08. The molecule has 1 saturated carbocycles. The van der Waals surface area contributed by atoms with Crippen LogP contribution in [0.5, 0.6) is 5.75 Å². The van der Waals surface area contributed by atoms with E-state index in [-0.39, 0.29) is 0 Å². The summed E-state index contributed by atoms with van der Waals surface area (Å²) in [5, 5.41) is 0. The molecular formula is C16H26N2O. The van der Waals surface area contributed by atoms with E-state index in [4.69, 9.17) is 10.5 Å². The first-order valence-corrected chi connectivity index (χ1v) is 7.33. The maximum atomic E-state index is 5.89. The second kappa shape index (κ2) is 6.80. The fourth-order valence-corrected chi connectivity index (χ4v) is 3.02. The Labute approximate surface area is 116 Å². The lowest BCUT2D eigenvalue weighted by atomic mass is 10.1. The predicted octanol–water partition coefficient (Wildman–Crippen LogP) is 3.43. The van der Waals surface area contributed by atoms with Gasteiger partial charge in [0.15, 0.2) is 0 Å². The van der Waals surface area contributed by atoms with Gasteiger partial charge in [0, 0.05) is 23.8 Å². The maximum Gasteiger partial charge on any atom is 0.123 e. The lowest BCUT2D eigenvalue weighted by Gasteiger charge is -2.27. The first-order valence-electron chi connectivity index (χ1n) is 7.33. The Morgan fingerprint density at radius 2 is 1.89 bits per heavy atom. The van der Waals surface area contributed by atoms with Crippen LogP contribution in [-0.2, 0) is 6.54 Å². The summed E-state index contributed by atoms with van der Waals surface area (Å²) >= 11 is 0. The number of ether oxygens (including phenoxy) is 1. The zero-order chi connectivity index (χ0) is 13.7. The smallest absolute Gasteiger partial charge is 0.123 e. The number of hydrogen-bond donors (Lipinski definition) is 1. The van der Waals surface area contributed by atoms with Crippen LogP contribution in [0.4, 0.5) is 5.69 Å². The molecule has 1 aliphatic carbocycles. The van der Waals surface area contributed by atoms with Crippen molar-refractivity contribution in [3.63, 3.8) is 0 Å². The number of rotatable bonds is 4. The minimum absolute atomic E-state index is 0.702. The molecular weight excluding hydrogens is 236 g/mol. The van der Waals surface area contributed by atoms with E-state index in [0.29, 0.717) is 6.04 Å². The molecule has 0 heterocycles. The molecule has 0 atom stereocenters. The van der Waals surface area contributed by atoms with E-state index >= 15 is 0 Å². The van der Waals surface area contributed by atoms with Crippen LogP contribution in [-0.4, -0.2) is 25.1 Å². The van der Waals surface area contributed by atoms with Crippen molar-refractivity contribution in [3.05, 3.63) is 23.8 Å². The van der Waals surface area contributed by atoms with E-state index in [1.54, 1.807) is 7.11 Å². The minimum Gasteiger partial charge on any atom is -0.496 e. The molecule has 2 N–H and O–H groups in total. The van der Waals surface area contributed by atoms with Gasteiger partial charge in [-0.2, -0.15) is 0 Å². The number of methoxy groups -OCH3 is 1. The van der Waals surface area contributed by atoms with Crippen LogP contribution >= 0.6 is 0 Å². The molecule has 0 unspecified atom stereocenters. The summed E-state index contributed by atoms with van der Waals surface area (Å²) in [7, 11) is 3.94. The molecule has 0 aromatic heterocycles. The van der Waals surface area contributed by atoms with Crippen LogP contribution in [0.2, 0.25) is 0 Å². The van der Waals surface area contributed by atoms with Crippen LogP contribution in [0.25, 0.3) is 0 Å². The Bertz CT molecular complexity index is 398. The predicted molar refractivity (Wildman–Crippen MR) is 80.4 cm³/mol. The second-order valence-electron chi connectivity index (χ2n) is 5.63. The van der Waals surface area contributed by atoms with E-state index in [0.717, 1.165) is 18.0 Å². The van der Waals surface area contributed by atoms with Crippen molar-refractivity contribution in [1.82, 2.24) is 4.90 Å². The number of anilines is 1. The van der Waals surface area contributed by atoms with Crippen molar-refractivity contribution in [3.8, 4) is 5.75 Å². The highest BCUT2D eigenvalue weighted by Gasteiger charge is 2.18. The molecule has 3 nitrogen and oxygen atoms in total. The average Bonchev–Trinajstić information content (AvgIpc) is 2.68. The summed E-state index contributed by atoms with van der Waals surface area (Å²) < 4.78 is 5.43. The Balaban J connectivity index is 2.04. The summed E-state index contributed by atoms with van der Waals surface area (Å²) in [6, 6.07) is 6.60. The normalized spacial score (nSPS) is 17.4. The van der Waals surface area contributed by atoms with Crippen molar-refractivity contribution < 1.29 is 4.74 Å². The van der Waals surface area contributed by atoms with Crippen molar-refractivity contribution in [1.29, 1.82) is 0 Å². The minimum atomic E-state index is 0.702. The van der Waals surface area contributed by atoms with E-state index in [1.165, 1.54) is 44.1 Å². The van der Waals surface area contributed by atoms with Crippen LogP contribution < -0.4 is 10.5 Å². The monoisotopic (exact) mass is 262 g/mol. The maximum absolute atomic E-state index is 5.89. The first kappa shape index (κ1) is 14.2. The zero-order valence-corrected chi connectivity index (χ0v) is 12.2. The summed E-state index contributed by atoms with van der Waals surface area (Å²) in [6.45, 7) is 0.916. The fraction of sp³-hybridized carbons (Fsp3) is 0.625. The van der Waals surface area contributed by atoms with Crippen LogP contribution in [0.3, 0.4) is 0 Å². The fourth-order valence-electron chi connectivity index (χ4n) is 3.02. The Morgan fingerprint density at radius 1 is 1.21 bits per heavy atom. The van der Waals surface area contributed by atoms with Crippen molar-refractivity contribution in [2.24, 2.45) is 0 Å². The average molecular weight is 262 g/mol. The van der Waals surface area contributed by atoms with Gasteiger partial charge >= 0.3 is 0 Å². The number of nitrogens with zero attached hydrogens (tertiary/aromatic N) is 1. The Morgan fingerprint density at radius 3 is 2.53 bits per heavy atom. The number of nitrogen functional groups attached to an aromatic ring is 1. The second-order valence-corrected chi connectivity index (χ2v) is 5.63. The van der Waals surface area contributed by atoms with Gasteiger partial charge in [-0.25, -0.2) is 0 Å². The van der Waals surface area contributed by atoms with E-state index in [9.17, 15) is 0 Å². The summed E-state index contributed by atoms with van der Waals surface area (Å²) in [6.07, 6.45) is 8.16. The van der Waals surface area contributed by atoms with E-state index in [2.05, 4.69) is 11.9 Å². The standard InChI is InChI=1S/C16H26N2O/c1-18(15-7-5-3-4-6-8-15)12-13-11-14(17)9-10-16(13)19-2/h9-11,15H,3-8,12,17H2,1-2H3. The van der Waals surface area contributed by atoms with Gasteiger partial charge in [0.05, 0.1) is 7.11 Å². The van der Waals surface area contributed by atoms with Gasteiger partial charge in [0.25, 0.3) is 0 Å². The molecule has 0 amide bonds. The van der Waals surface area contributed by atoms with Crippen LogP contribution in [0.1, 0.15) is 44.1 Å². The van der Waals surface area contributed by atoms with Crippen molar-refractivity contribution in [2.45, 2.75) is 51.1 Å². The molecule has 19 heavy (non-hydrogen) atoms. The third-order valence-electron chi connectivity index (χ3n) is 4.17. The summed E-state index contributed by atoms with van der Waals surface area (Å²) in [5.41, 5.74) is 7.89. The van der Waals surface area contributed by atoms with E-state index in [1.807, 2.05) is 18.2 Å². The number of benzene rings is 1. The molecule has 0 spiro atoms. The number of hydrogen-bond acceptors (Lipinski definition) is 3. The van der Waals surface area contributed by atoms with Crippen molar-refractivity contribution in [2.75, 3.05) is 19.9 Å². The topological polar surface area (TPSA) is 38.5 Å². The van der Waals surface area contributed by atoms with Crippen LogP contribution in [0.15, 0.2) is 18.2 Å². The van der Waals surface area contributed by atoms with Gasteiger partial charge in [-0.3, -0.25) is 4.90 Å². The molecule has 0 aliphatic heterocycles. The first-order chi connectivity index (χ1) is 9.20. The van der Waals surface area contributed by atoms with Gasteiger partial charge in [0.1, 0.15) is 5.75 Å². The highest BCUT2D eigenvalue weighted by atomic mass is 16.5. The lowest BCUT2D eigenvalue weighted by Crippen LogP contribution is -2.30. The summed E-state index contributed by atoms with van der Waals surface area (Å²) in [4.78, 5) is 2.46. The molecule has 1 aromatic carbocycles. The van der Waals surface area contributed by atoms with Gasteiger partial charge < -0.3 is 10.5 Å². The third kappa shape index (κ3) is 3.87. The molecule has 3 heteroatoms. The largest absolute Gasteiger partial charge is 0.496 e. The molecule has 0 saturated heterocycles. The van der Waals surface area contributed by atoms with Crippen LogP contribution in [0, 0.1) is 0 Å². The van der Waals surface area contributed by atoms with E-state index < -0.39 is 0 Å². The molecule has 1 aromatic rings. The summed E-state index contributed by atoms with van der Waals surface area (Å²) in [5.74, 6) is 0.940. The quantitative estimate of drug-likeness (QED) is 0.667. The van der Waals surface area contributed by atoms with Gasteiger partial charge in [-0.05, 0) is 38.1 Å². The highest BCUT2D eigenvalue weighted by Crippen LogP contribution is 2.26. The number of nitrogens with two attached hydrogens (primary N) is 1.